The fourth-order valence-electron chi connectivity index (χ4n) is 3.34. The molecule has 0 saturated heterocycles. The highest BCUT2D eigenvalue weighted by Gasteiger charge is 2.48. The number of hydrogen-bond acceptors (Lipinski definition) is 5. The Kier molecular flexibility index (Phi) is 6.07. The van der Waals surface area contributed by atoms with Gasteiger partial charge in [-0.1, -0.05) is 6.07 Å². The van der Waals surface area contributed by atoms with Gasteiger partial charge in [0.15, 0.2) is 11.7 Å². The van der Waals surface area contributed by atoms with Crippen molar-refractivity contribution in [2.24, 2.45) is 0 Å². The minimum absolute atomic E-state index is 0.000972. The van der Waals surface area contributed by atoms with E-state index in [0.717, 1.165) is 28.9 Å². The van der Waals surface area contributed by atoms with Crippen LogP contribution in [0.5, 0.6) is 5.75 Å². The van der Waals surface area contributed by atoms with E-state index in [4.69, 9.17) is 0 Å². The van der Waals surface area contributed by atoms with Gasteiger partial charge in [0, 0.05) is 17.0 Å². The van der Waals surface area contributed by atoms with E-state index >= 15 is 0 Å². The number of carbonyl (C=O) groups is 1. The molecule has 0 saturated carbocycles. The molecule has 3 heterocycles. The van der Waals surface area contributed by atoms with Crippen molar-refractivity contribution in [3.8, 4) is 5.75 Å². The molecular weight excluding hydrogens is 542 g/mol. The second kappa shape index (κ2) is 8.56. The molecule has 1 amide bonds. The van der Waals surface area contributed by atoms with Crippen LogP contribution in [0.2, 0.25) is 0 Å². The summed E-state index contributed by atoms with van der Waals surface area (Å²) in [4.78, 5) is 13.4. The largest absolute Gasteiger partial charge is 0.573 e. The fourth-order valence-corrected chi connectivity index (χ4v) is 4.69. The molecule has 6 nitrogen and oxygen atoms in total. The first-order chi connectivity index (χ1) is 15.4. The predicted molar refractivity (Wildman–Crippen MR) is 111 cm³/mol. The number of anilines is 2. The lowest BCUT2D eigenvalue weighted by atomic mass is 10.0. The number of carbonyl (C=O) groups excluding carboxylic acids is 1. The van der Waals surface area contributed by atoms with Gasteiger partial charge in [-0.15, -0.1) is 24.5 Å². The van der Waals surface area contributed by atoms with Crippen molar-refractivity contribution in [3.05, 3.63) is 56.8 Å². The number of alkyl halides is 6. The van der Waals surface area contributed by atoms with Crippen molar-refractivity contribution in [1.82, 2.24) is 9.78 Å². The van der Waals surface area contributed by atoms with Crippen LogP contribution in [0.3, 0.4) is 0 Å². The number of ether oxygens (including phenoxy) is 1. The standard InChI is InChI=1S/C19H13BrF6N4O2S/c20-14-15(17(31)27-9-3-5-10(6-4-9)32-19(24,25)26)29-30-13(18(21,22)23)8-11(28-16(14)30)12-2-1-7-33-12/h1-7,11,13,28H,8H2,(H,27,31)/t11-,13+/m0/s1. The number of nitrogens with one attached hydrogen (secondary N) is 2. The second-order valence-electron chi connectivity index (χ2n) is 6.99. The number of thiophene rings is 1. The molecule has 0 aliphatic carbocycles. The van der Waals surface area contributed by atoms with E-state index in [1.807, 2.05) is 0 Å². The summed E-state index contributed by atoms with van der Waals surface area (Å²) in [6, 6.07) is 5.15. The molecule has 2 N–H and O–H groups in total. The van der Waals surface area contributed by atoms with Crippen LogP contribution in [0.4, 0.5) is 37.8 Å². The molecule has 0 fully saturated rings. The zero-order valence-corrected chi connectivity index (χ0v) is 18.6. The molecule has 1 aliphatic heterocycles. The number of nitrogens with zero attached hydrogens (tertiary/aromatic N) is 2. The monoisotopic (exact) mass is 554 g/mol. The molecule has 0 bridgehead atoms. The summed E-state index contributed by atoms with van der Waals surface area (Å²) < 4.78 is 82.7. The third-order valence-electron chi connectivity index (χ3n) is 4.74. The van der Waals surface area contributed by atoms with Gasteiger partial charge >= 0.3 is 12.5 Å². The predicted octanol–water partition coefficient (Wildman–Crippen LogP) is 6.52. The highest BCUT2D eigenvalue weighted by molar-refractivity contribution is 9.10. The Morgan fingerprint density at radius 2 is 1.88 bits per heavy atom. The number of benzene rings is 1. The van der Waals surface area contributed by atoms with Crippen LogP contribution in [0.1, 0.15) is 33.9 Å². The normalized spacial score (nSPS) is 18.4. The van der Waals surface area contributed by atoms with Crippen LogP contribution in [0.25, 0.3) is 0 Å². The van der Waals surface area contributed by atoms with Gasteiger partial charge in [0.1, 0.15) is 11.6 Å². The SMILES string of the molecule is O=C(Nc1ccc(OC(F)(F)F)cc1)c1nn2c(c1Br)N[C@H](c1cccs1)C[C@@H]2C(F)(F)F. The smallest absolute Gasteiger partial charge is 0.406 e. The highest BCUT2D eigenvalue weighted by Crippen LogP contribution is 2.47. The molecule has 4 rings (SSSR count). The van der Waals surface area contributed by atoms with Crippen molar-refractivity contribution >= 4 is 44.7 Å². The zero-order valence-electron chi connectivity index (χ0n) is 16.2. The van der Waals surface area contributed by atoms with Gasteiger partial charge in [0.2, 0.25) is 0 Å². The van der Waals surface area contributed by atoms with Crippen molar-refractivity contribution in [2.45, 2.75) is 31.0 Å². The molecule has 0 spiro atoms. The molecule has 2 atom stereocenters. The number of aromatic nitrogens is 2. The molecule has 0 unspecified atom stereocenters. The summed E-state index contributed by atoms with van der Waals surface area (Å²) in [7, 11) is 0. The molecule has 2 aromatic heterocycles. The minimum Gasteiger partial charge on any atom is -0.406 e. The van der Waals surface area contributed by atoms with E-state index in [1.54, 1.807) is 17.5 Å². The number of hydrogen-bond donors (Lipinski definition) is 2. The topological polar surface area (TPSA) is 68.2 Å². The number of fused-ring (bicyclic) bond motifs is 1. The first-order valence-corrected chi connectivity index (χ1v) is 10.9. The zero-order chi connectivity index (χ0) is 24.0. The van der Waals surface area contributed by atoms with Gasteiger partial charge < -0.3 is 15.4 Å². The number of halogens is 7. The third kappa shape index (κ3) is 5.11. The molecule has 0 radical (unpaired) electrons. The summed E-state index contributed by atoms with van der Waals surface area (Å²) in [6.07, 6.45) is -9.79. The Morgan fingerprint density at radius 1 is 1.18 bits per heavy atom. The van der Waals surface area contributed by atoms with Gasteiger partial charge in [-0.05, 0) is 51.6 Å². The maximum absolute atomic E-state index is 13.8. The van der Waals surface area contributed by atoms with Crippen molar-refractivity contribution in [2.75, 3.05) is 10.6 Å². The van der Waals surface area contributed by atoms with Gasteiger partial charge in [-0.2, -0.15) is 18.3 Å². The van der Waals surface area contributed by atoms with Gasteiger partial charge in [-0.25, -0.2) is 4.68 Å². The quantitative estimate of drug-likeness (QED) is 0.360. The first-order valence-electron chi connectivity index (χ1n) is 9.24. The number of rotatable bonds is 4. The van der Waals surface area contributed by atoms with Crippen LogP contribution >= 0.6 is 27.3 Å². The molecular formula is C19H13BrF6N4O2S. The maximum atomic E-state index is 13.8. The molecule has 14 heteroatoms. The van der Waals surface area contributed by atoms with Crippen LogP contribution in [-0.4, -0.2) is 28.2 Å². The fraction of sp³-hybridized carbons (Fsp3) is 0.263. The summed E-state index contributed by atoms with van der Waals surface area (Å²) in [6.45, 7) is 0. The average Bonchev–Trinajstić information content (AvgIpc) is 3.36. The van der Waals surface area contributed by atoms with Gasteiger partial charge in [0.25, 0.3) is 5.91 Å². The molecule has 1 aromatic carbocycles. The van der Waals surface area contributed by atoms with Gasteiger partial charge in [0.05, 0.1) is 10.5 Å². The van der Waals surface area contributed by atoms with E-state index in [1.165, 1.54) is 11.3 Å². The van der Waals surface area contributed by atoms with E-state index in [0.29, 0.717) is 4.88 Å². The van der Waals surface area contributed by atoms with Crippen LogP contribution in [0.15, 0.2) is 46.3 Å². The van der Waals surface area contributed by atoms with Crippen LogP contribution in [0, 0.1) is 0 Å². The molecule has 3 aromatic rings. The lowest BCUT2D eigenvalue weighted by Gasteiger charge is -2.33. The van der Waals surface area contributed by atoms with E-state index in [-0.39, 0.29) is 28.1 Å². The van der Waals surface area contributed by atoms with Crippen molar-refractivity contribution in [3.63, 3.8) is 0 Å². The van der Waals surface area contributed by atoms with Crippen LogP contribution in [-0.2, 0) is 0 Å². The maximum Gasteiger partial charge on any atom is 0.573 e. The molecule has 1 aliphatic rings. The first kappa shape index (κ1) is 23.4. The molecule has 33 heavy (non-hydrogen) atoms. The lowest BCUT2D eigenvalue weighted by molar-refractivity contribution is -0.274. The Bertz CT molecular complexity index is 1140. The van der Waals surface area contributed by atoms with E-state index < -0.39 is 36.3 Å². The van der Waals surface area contributed by atoms with E-state index in [2.05, 4.69) is 36.4 Å². The van der Waals surface area contributed by atoms with Crippen molar-refractivity contribution in [1.29, 1.82) is 0 Å². The average molecular weight is 555 g/mol. The minimum atomic E-state index is -4.87. The summed E-state index contributed by atoms with van der Waals surface area (Å²) in [5.41, 5.74) is -0.210. The summed E-state index contributed by atoms with van der Waals surface area (Å²) in [5, 5.41) is 11.0. The third-order valence-corrected chi connectivity index (χ3v) is 6.48. The summed E-state index contributed by atoms with van der Waals surface area (Å²) in [5.74, 6) is -1.33. The Hall–Kier alpha value is -2.74. The summed E-state index contributed by atoms with van der Waals surface area (Å²) >= 11 is 4.47. The Labute approximate surface area is 194 Å². The van der Waals surface area contributed by atoms with E-state index in [9.17, 15) is 31.1 Å². The number of amides is 1. The lowest BCUT2D eigenvalue weighted by Crippen LogP contribution is -2.35. The Balaban J connectivity index is 1.59. The van der Waals surface area contributed by atoms with Crippen molar-refractivity contribution < 1.29 is 35.9 Å². The second-order valence-corrected chi connectivity index (χ2v) is 8.76. The Morgan fingerprint density at radius 3 is 2.45 bits per heavy atom. The highest BCUT2D eigenvalue weighted by atomic mass is 79.9. The van der Waals surface area contributed by atoms with Gasteiger partial charge in [-0.3, -0.25) is 4.79 Å². The molecule has 176 valence electrons. The van der Waals surface area contributed by atoms with Crippen LogP contribution < -0.4 is 15.4 Å².